The van der Waals surface area contributed by atoms with Gasteiger partial charge in [-0.15, -0.1) is 0 Å². The standard InChI is InChI=1S/C11H12O4/c1-8(11(13)14-2)6-9(7-12)10-4-3-5-15-10/h3-5,7,9H,1,6H2,2H3. The quantitative estimate of drug-likeness (QED) is 0.419. The van der Waals surface area contributed by atoms with E-state index in [0.717, 1.165) is 6.29 Å². The van der Waals surface area contributed by atoms with Gasteiger partial charge in [-0.1, -0.05) is 6.58 Å². The van der Waals surface area contributed by atoms with Crippen molar-refractivity contribution in [3.63, 3.8) is 0 Å². The van der Waals surface area contributed by atoms with Crippen molar-refractivity contribution in [2.75, 3.05) is 7.11 Å². The maximum absolute atomic E-state index is 11.1. The molecule has 1 unspecified atom stereocenters. The van der Waals surface area contributed by atoms with Gasteiger partial charge in [0, 0.05) is 5.57 Å². The minimum Gasteiger partial charge on any atom is -0.469 e. The predicted octanol–water partition coefficient (Wildman–Crippen LogP) is 1.68. The first kappa shape index (κ1) is 11.2. The zero-order chi connectivity index (χ0) is 11.3. The zero-order valence-electron chi connectivity index (χ0n) is 8.43. The fourth-order valence-electron chi connectivity index (χ4n) is 1.21. The highest BCUT2D eigenvalue weighted by molar-refractivity contribution is 5.88. The van der Waals surface area contributed by atoms with Crippen LogP contribution in [0.5, 0.6) is 0 Å². The fourth-order valence-corrected chi connectivity index (χ4v) is 1.21. The van der Waals surface area contributed by atoms with Gasteiger partial charge in [0.05, 0.1) is 19.3 Å². The van der Waals surface area contributed by atoms with E-state index < -0.39 is 11.9 Å². The lowest BCUT2D eigenvalue weighted by atomic mass is 9.99. The summed E-state index contributed by atoms with van der Waals surface area (Å²) in [5, 5.41) is 0. The molecule has 1 heterocycles. The first-order chi connectivity index (χ1) is 7.19. The van der Waals surface area contributed by atoms with Crippen LogP contribution in [-0.4, -0.2) is 19.4 Å². The van der Waals surface area contributed by atoms with Crippen LogP contribution in [0.15, 0.2) is 35.0 Å². The van der Waals surface area contributed by atoms with Crippen molar-refractivity contribution in [2.45, 2.75) is 12.3 Å². The van der Waals surface area contributed by atoms with Crippen LogP contribution in [0.4, 0.5) is 0 Å². The van der Waals surface area contributed by atoms with Crippen molar-refractivity contribution >= 4 is 12.3 Å². The third-order valence-electron chi connectivity index (χ3n) is 2.01. The first-order valence-electron chi connectivity index (χ1n) is 4.43. The van der Waals surface area contributed by atoms with Crippen LogP contribution in [0, 0.1) is 0 Å². The number of furan rings is 1. The number of carbonyl (C=O) groups excluding carboxylic acids is 2. The molecule has 0 saturated heterocycles. The molecule has 15 heavy (non-hydrogen) atoms. The number of ether oxygens (including phenoxy) is 1. The van der Waals surface area contributed by atoms with E-state index >= 15 is 0 Å². The highest BCUT2D eigenvalue weighted by Gasteiger charge is 2.18. The van der Waals surface area contributed by atoms with E-state index in [1.807, 2.05) is 0 Å². The molecule has 0 fully saturated rings. The van der Waals surface area contributed by atoms with E-state index in [2.05, 4.69) is 11.3 Å². The van der Waals surface area contributed by atoms with Gasteiger partial charge >= 0.3 is 5.97 Å². The predicted molar refractivity (Wildman–Crippen MR) is 53.3 cm³/mol. The molecule has 0 N–H and O–H groups in total. The van der Waals surface area contributed by atoms with Gasteiger partial charge in [0.15, 0.2) is 0 Å². The van der Waals surface area contributed by atoms with Gasteiger partial charge in [-0.2, -0.15) is 0 Å². The summed E-state index contributed by atoms with van der Waals surface area (Å²) in [7, 11) is 1.27. The Morgan fingerprint density at radius 1 is 1.73 bits per heavy atom. The molecule has 0 aliphatic heterocycles. The molecule has 0 aliphatic rings. The molecule has 4 heteroatoms. The van der Waals surface area contributed by atoms with Crippen LogP contribution in [-0.2, 0) is 14.3 Å². The van der Waals surface area contributed by atoms with Crippen LogP contribution in [0.3, 0.4) is 0 Å². The molecule has 0 aromatic carbocycles. The van der Waals surface area contributed by atoms with Crippen LogP contribution in [0.1, 0.15) is 18.1 Å². The highest BCUT2D eigenvalue weighted by atomic mass is 16.5. The Morgan fingerprint density at radius 3 is 2.93 bits per heavy atom. The normalized spacial score (nSPS) is 11.8. The lowest BCUT2D eigenvalue weighted by Gasteiger charge is -2.07. The number of aldehydes is 1. The minimum atomic E-state index is -0.506. The summed E-state index contributed by atoms with van der Waals surface area (Å²) in [6.45, 7) is 3.55. The maximum Gasteiger partial charge on any atom is 0.333 e. The number of esters is 1. The number of hydrogen-bond acceptors (Lipinski definition) is 4. The summed E-state index contributed by atoms with van der Waals surface area (Å²) in [5.41, 5.74) is 0.256. The van der Waals surface area contributed by atoms with Crippen LogP contribution in [0.2, 0.25) is 0 Å². The van der Waals surface area contributed by atoms with Crippen LogP contribution in [0.25, 0.3) is 0 Å². The van der Waals surface area contributed by atoms with Gasteiger partial charge in [0.25, 0.3) is 0 Å². The highest BCUT2D eigenvalue weighted by Crippen LogP contribution is 2.21. The molecular formula is C11H12O4. The molecule has 1 aromatic heterocycles. The molecule has 0 amide bonds. The fraction of sp³-hybridized carbons (Fsp3) is 0.273. The van der Waals surface area contributed by atoms with Crippen molar-refractivity contribution in [1.29, 1.82) is 0 Å². The maximum atomic E-state index is 11.1. The van der Waals surface area contributed by atoms with Crippen molar-refractivity contribution < 1.29 is 18.7 Å². The number of carbonyl (C=O) groups is 2. The van der Waals surface area contributed by atoms with Crippen LogP contribution < -0.4 is 0 Å². The lowest BCUT2D eigenvalue weighted by molar-refractivity contribution is -0.136. The minimum absolute atomic E-state index is 0.212. The largest absolute Gasteiger partial charge is 0.469 e. The van der Waals surface area contributed by atoms with E-state index in [9.17, 15) is 9.59 Å². The topological polar surface area (TPSA) is 56.5 Å². The average molecular weight is 208 g/mol. The first-order valence-corrected chi connectivity index (χ1v) is 4.43. The average Bonchev–Trinajstić information content (AvgIpc) is 2.77. The molecule has 0 bridgehead atoms. The van der Waals surface area contributed by atoms with Gasteiger partial charge in [-0.25, -0.2) is 4.79 Å². The second kappa shape index (κ2) is 5.14. The van der Waals surface area contributed by atoms with Crippen molar-refractivity contribution in [3.8, 4) is 0 Å². The lowest BCUT2D eigenvalue weighted by Crippen LogP contribution is -2.08. The molecule has 1 aromatic rings. The monoisotopic (exact) mass is 208 g/mol. The number of rotatable bonds is 5. The van der Waals surface area contributed by atoms with Gasteiger partial charge in [0.1, 0.15) is 12.0 Å². The van der Waals surface area contributed by atoms with Gasteiger partial charge < -0.3 is 13.9 Å². The SMILES string of the molecule is C=C(CC(C=O)c1ccco1)C(=O)OC. The van der Waals surface area contributed by atoms with Crippen LogP contribution >= 0.6 is 0 Å². The molecule has 0 saturated carbocycles. The number of hydrogen-bond donors (Lipinski definition) is 0. The third-order valence-corrected chi connectivity index (χ3v) is 2.01. The summed E-state index contributed by atoms with van der Waals surface area (Å²) in [5.74, 6) is -0.463. The smallest absolute Gasteiger partial charge is 0.333 e. The Balaban J connectivity index is 2.67. The summed E-state index contributed by atoms with van der Waals surface area (Å²) in [6.07, 6.45) is 2.42. The molecule has 0 aliphatic carbocycles. The number of methoxy groups -OCH3 is 1. The molecular weight excluding hydrogens is 196 g/mol. The summed E-state index contributed by atoms with van der Waals surface area (Å²) in [4.78, 5) is 21.9. The van der Waals surface area contributed by atoms with Gasteiger partial charge in [-0.05, 0) is 18.6 Å². The summed E-state index contributed by atoms with van der Waals surface area (Å²) < 4.78 is 9.57. The zero-order valence-corrected chi connectivity index (χ0v) is 8.43. The van der Waals surface area contributed by atoms with Gasteiger partial charge in [-0.3, -0.25) is 0 Å². The molecule has 1 atom stereocenters. The van der Waals surface area contributed by atoms with Crippen molar-refractivity contribution in [3.05, 3.63) is 36.3 Å². The molecule has 0 spiro atoms. The second-order valence-electron chi connectivity index (χ2n) is 3.06. The van der Waals surface area contributed by atoms with E-state index in [1.165, 1.54) is 13.4 Å². The molecule has 4 nitrogen and oxygen atoms in total. The van der Waals surface area contributed by atoms with Crippen molar-refractivity contribution in [1.82, 2.24) is 0 Å². The van der Waals surface area contributed by atoms with E-state index in [4.69, 9.17) is 4.42 Å². The third kappa shape index (κ3) is 2.80. The van der Waals surface area contributed by atoms with Gasteiger partial charge in [0.2, 0.25) is 0 Å². The Labute approximate surface area is 87.5 Å². The summed E-state index contributed by atoms with van der Waals surface area (Å²) in [6, 6.07) is 3.37. The molecule has 1 rings (SSSR count). The molecule has 80 valence electrons. The van der Waals surface area contributed by atoms with E-state index in [1.54, 1.807) is 12.1 Å². The Hall–Kier alpha value is -1.84. The van der Waals surface area contributed by atoms with Crippen molar-refractivity contribution in [2.24, 2.45) is 0 Å². The second-order valence-corrected chi connectivity index (χ2v) is 3.06. The Bertz CT molecular complexity index is 351. The van der Waals surface area contributed by atoms with E-state index in [0.29, 0.717) is 5.76 Å². The molecule has 0 radical (unpaired) electrons. The Kier molecular flexibility index (Phi) is 3.85. The summed E-state index contributed by atoms with van der Waals surface area (Å²) >= 11 is 0. The Morgan fingerprint density at radius 2 is 2.47 bits per heavy atom. The van der Waals surface area contributed by atoms with E-state index in [-0.39, 0.29) is 12.0 Å².